The van der Waals surface area contributed by atoms with Crippen LogP contribution >= 0.6 is 23.2 Å². The van der Waals surface area contributed by atoms with Crippen LogP contribution in [0, 0.1) is 0 Å². The van der Waals surface area contributed by atoms with E-state index in [1.165, 1.54) is 12.1 Å². The molecule has 0 unspecified atom stereocenters. The summed E-state index contributed by atoms with van der Waals surface area (Å²) in [6.07, 6.45) is -2.64. The molecule has 19 heavy (non-hydrogen) atoms. The van der Waals surface area contributed by atoms with Crippen LogP contribution in [0.5, 0.6) is 5.75 Å². The van der Waals surface area contributed by atoms with E-state index in [1.807, 2.05) is 0 Å². The molecule has 1 aromatic carbocycles. The van der Waals surface area contributed by atoms with Crippen molar-refractivity contribution in [1.82, 2.24) is 10.2 Å². The van der Waals surface area contributed by atoms with Crippen molar-refractivity contribution in [2.24, 2.45) is 0 Å². The minimum atomic E-state index is -2.64. The SMILES string of the molecule is Oc1cc(Cl)cc(Cl)c1[C@H](C(F)F)N1CCNCC1. The molecule has 1 aliphatic heterocycles. The number of hydrogen-bond acceptors (Lipinski definition) is 3. The zero-order valence-corrected chi connectivity index (χ0v) is 11.6. The second kappa shape index (κ2) is 6.22. The number of hydrogen-bond donors (Lipinski definition) is 2. The maximum atomic E-state index is 13.4. The topological polar surface area (TPSA) is 35.5 Å². The number of aromatic hydroxyl groups is 1. The van der Waals surface area contributed by atoms with Gasteiger partial charge in [0.2, 0.25) is 0 Å². The highest BCUT2D eigenvalue weighted by Crippen LogP contribution is 2.40. The molecule has 2 rings (SSSR count). The van der Waals surface area contributed by atoms with Crippen LogP contribution in [0.25, 0.3) is 0 Å². The average molecular weight is 311 g/mol. The molecular weight excluding hydrogens is 297 g/mol. The smallest absolute Gasteiger partial charge is 0.258 e. The van der Waals surface area contributed by atoms with Gasteiger partial charge in [-0.25, -0.2) is 8.78 Å². The van der Waals surface area contributed by atoms with Crippen LogP contribution in [-0.4, -0.2) is 42.6 Å². The molecule has 1 aliphatic rings. The number of phenolic OH excluding ortho intramolecular Hbond substituents is 1. The van der Waals surface area contributed by atoms with E-state index >= 15 is 0 Å². The molecule has 1 atom stereocenters. The number of phenols is 1. The molecule has 106 valence electrons. The Morgan fingerprint density at radius 1 is 1.21 bits per heavy atom. The minimum absolute atomic E-state index is 0.0444. The summed E-state index contributed by atoms with van der Waals surface area (Å²) in [5.41, 5.74) is 0.0444. The van der Waals surface area contributed by atoms with Gasteiger partial charge in [0.25, 0.3) is 6.43 Å². The number of piperazine rings is 1. The van der Waals surface area contributed by atoms with E-state index in [2.05, 4.69) is 5.32 Å². The predicted octanol–water partition coefficient (Wildman–Crippen LogP) is 2.91. The van der Waals surface area contributed by atoms with Gasteiger partial charge in [-0.05, 0) is 12.1 Å². The lowest BCUT2D eigenvalue weighted by atomic mass is 10.0. The summed E-state index contributed by atoms with van der Waals surface area (Å²) < 4.78 is 26.7. The van der Waals surface area contributed by atoms with E-state index in [-0.39, 0.29) is 21.4 Å². The first-order valence-corrected chi connectivity index (χ1v) is 6.67. The van der Waals surface area contributed by atoms with E-state index in [9.17, 15) is 13.9 Å². The molecule has 1 aromatic rings. The monoisotopic (exact) mass is 310 g/mol. The molecule has 1 heterocycles. The second-order valence-electron chi connectivity index (χ2n) is 4.39. The van der Waals surface area contributed by atoms with Crippen molar-refractivity contribution in [1.29, 1.82) is 0 Å². The van der Waals surface area contributed by atoms with Crippen molar-refractivity contribution in [2.45, 2.75) is 12.5 Å². The fourth-order valence-electron chi connectivity index (χ4n) is 2.29. The molecule has 1 fully saturated rings. The molecule has 7 heteroatoms. The van der Waals surface area contributed by atoms with Crippen LogP contribution in [0.2, 0.25) is 10.0 Å². The zero-order valence-electron chi connectivity index (χ0n) is 10.0. The van der Waals surface area contributed by atoms with Gasteiger partial charge in [-0.1, -0.05) is 23.2 Å². The van der Waals surface area contributed by atoms with E-state index in [0.717, 1.165) is 0 Å². The molecule has 0 aromatic heterocycles. The highest BCUT2D eigenvalue weighted by molar-refractivity contribution is 6.35. The highest BCUT2D eigenvalue weighted by Gasteiger charge is 2.33. The van der Waals surface area contributed by atoms with Gasteiger partial charge in [-0.3, -0.25) is 4.90 Å². The second-order valence-corrected chi connectivity index (χ2v) is 5.23. The van der Waals surface area contributed by atoms with Crippen LogP contribution in [-0.2, 0) is 0 Å². The Morgan fingerprint density at radius 2 is 1.84 bits per heavy atom. The van der Waals surface area contributed by atoms with E-state index in [4.69, 9.17) is 23.2 Å². The summed E-state index contributed by atoms with van der Waals surface area (Å²) in [5, 5.41) is 13.3. The third kappa shape index (κ3) is 3.28. The Hall–Kier alpha value is -0.620. The van der Waals surface area contributed by atoms with Gasteiger partial charge in [-0.2, -0.15) is 0 Å². The van der Waals surface area contributed by atoms with Gasteiger partial charge in [-0.15, -0.1) is 0 Å². The fraction of sp³-hybridized carbons (Fsp3) is 0.500. The summed E-state index contributed by atoms with van der Waals surface area (Å²) >= 11 is 11.7. The van der Waals surface area contributed by atoms with Crippen LogP contribution in [0.1, 0.15) is 11.6 Å². The van der Waals surface area contributed by atoms with Crippen molar-refractivity contribution in [3.63, 3.8) is 0 Å². The number of nitrogens with one attached hydrogen (secondary N) is 1. The maximum Gasteiger partial charge on any atom is 0.258 e. The third-order valence-corrected chi connectivity index (χ3v) is 3.68. The molecular formula is C12H14Cl2F2N2O. The van der Waals surface area contributed by atoms with Gasteiger partial charge in [0, 0.05) is 36.8 Å². The molecule has 0 spiro atoms. The molecule has 1 saturated heterocycles. The maximum absolute atomic E-state index is 13.4. The first-order valence-electron chi connectivity index (χ1n) is 5.91. The van der Waals surface area contributed by atoms with Crippen molar-refractivity contribution in [3.05, 3.63) is 27.7 Å². The summed E-state index contributed by atoms with van der Waals surface area (Å²) in [7, 11) is 0. The van der Waals surface area contributed by atoms with Gasteiger partial charge in [0.15, 0.2) is 0 Å². The van der Waals surface area contributed by atoms with Crippen LogP contribution in [0.3, 0.4) is 0 Å². The van der Waals surface area contributed by atoms with Crippen LogP contribution in [0.4, 0.5) is 8.78 Å². The zero-order chi connectivity index (χ0) is 14.0. The first-order chi connectivity index (χ1) is 9.00. The number of alkyl halides is 2. The Morgan fingerprint density at radius 3 is 2.37 bits per heavy atom. The van der Waals surface area contributed by atoms with Crippen molar-refractivity contribution >= 4 is 23.2 Å². The third-order valence-electron chi connectivity index (χ3n) is 3.15. The van der Waals surface area contributed by atoms with Crippen LogP contribution in [0.15, 0.2) is 12.1 Å². The number of rotatable bonds is 3. The summed E-state index contributed by atoms with van der Waals surface area (Å²) in [6, 6.07) is 1.39. The van der Waals surface area contributed by atoms with Crippen LogP contribution < -0.4 is 5.32 Å². The fourth-order valence-corrected chi connectivity index (χ4v) is 2.89. The van der Waals surface area contributed by atoms with Crippen molar-refractivity contribution < 1.29 is 13.9 Å². The van der Waals surface area contributed by atoms with Gasteiger partial charge < -0.3 is 10.4 Å². The van der Waals surface area contributed by atoms with Gasteiger partial charge in [0.05, 0.1) is 5.02 Å². The van der Waals surface area contributed by atoms with Gasteiger partial charge in [0.1, 0.15) is 11.8 Å². The lowest BCUT2D eigenvalue weighted by Crippen LogP contribution is -2.47. The lowest BCUT2D eigenvalue weighted by Gasteiger charge is -2.35. The summed E-state index contributed by atoms with van der Waals surface area (Å²) in [6.45, 7) is 2.23. The first kappa shape index (κ1) is 14.8. The quantitative estimate of drug-likeness (QED) is 0.901. The molecule has 0 saturated carbocycles. The lowest BCUT2D eigenvalue weighted by molar-refractivity contribution is 0.0171. The normalized spacial score (nSPS) is 18.8. The number of benzene rings is 1. The Kier molecular flexibility index (Phi) is 4.84. The Balaban J connectivity index is 2.38. The Bertz CT molecular complexity index is 430. The van der Waals surface area contributed by atoms with Gasteiger partial charge >= 0.3 is 0 Å². The predicted molar refractivity (Wildman–Crippen MR) is 71.3 cm³/mol. The van der Waals surface area contributed by atoms with Crippen molar-refractivity contribution in [2.75, 3.05) is 26.2 Å². The minimum Gasteiger partial charge on any atom is -0.507 e. The van der Waals surface area contributed by atoms with E-state index < -0.39 is 12.5 Å². The highest BCUT2D eigenvalue weighted by atomic mass is 35.5. The molecule has 0 aliphatic carbocycles. The van der Waals surface area contributed by atoms with E-state index in [0.29, 0.717) is 26.2 Å². The standard InChI is InChI=1S/C12H14Cl2F2N2O/c13-7-5-8(14)10(9(19)6-7)11(12(15)16)18-3-1-17-2-4-18/h5-6,11-12,17,19H,1-4H2/t11-/m1/s1. The molecule has 0 bridgehead atoms. The molecule has 3 nitrogen and oxygen atoms in total. The Labute approximate surface area is 120 Å². The van der Waals surface area contributed by atoms with Crippen molar-refractivity contribution in [3.8, 4) is 5.75 Å². The summed E-state index contributed by atoms with van der Waals surface area (Å²) in [5.74, 6) is -0.290. The average Bonchev–Trinajstić information content (AvgIpc) is 2.34. The van der Waals surface area contributed by atoms with E-state index in [1.54, 1.807) is 4.90 Å². The largest absolute Gasteiger partial charge is 0.507 e. The molecule has 0 amide bonds. The summed E-state index contributed by atoms with van der Waals surface area (Å²) in [4.78, 5) is 1.62. The molecule has 0 radical (unpaired) electrons. The molecule has 2 N–H and O–H groups in total. The number of nitrogens with zero attached hydrogens (tertiary/aromatic N) is 1. The number of halogens is 4.